The van der Waals surface area contributed by atoms with E-state index in [1.165, 1.54) is 193 Å². The van der Waals surface area contributed by atoms with Gasteiger partial charge in [0.1, 0.15) is 0 Å². The molecule has 0 aromatic heterocycles. The van der Waals surface area contributed by atoms with Crippen molar-refractivity contribution in [3.05, 3.63) is 122 Å². The van der Waals surface area contributed by atoms with Gasteiger partial charge in [-0.15, -0.1) is 0 Å². The van der Waals surface area contributed by atoms with Gasteiger partial charge in [0.2, 0.25) is 5.91 Å². The predicted octanol–water partition coefficient (Wildman–Crippen LogP) is 21.6. The fourth-order valence-electron chi connectivity index (χ4n) is 9.17. The van der Waals surface area contributed by atoms with Crippen molar-refractivity contribution in [3.8, 4) is 0 Å². The Balaban J connectivity index is 3.55. The SMILES string of the molecule is CC/C=C\C/C=C\C/C=C\C/C=C\C/C=C\C/C=C\C/C=C\C/C=C\C/C=C\CCCCCCCCCCCCCCCC(=O)NC(CO)C(O)/C=C/CCCCCCCCCCCCCCCCCCCCC. The van der Waals surface area contributed by atoms with Crippen LogP contribution in [0.3, 0.4) is 0 Å². The third-order valence-electron chi connectivity index (χ3n) is 14.0. The highest BCUT2D eigenvalue weighted by molar-refractivity contribution is 5.76. The second-order valence-electron chi connectivity index (χ2n) is 21.1. The Bertz CT molecular complexity index is 1440. The van der Waals surface area contributed by atoms with Gasteiger partial charge < -0.3 is 15.5 Å². The number of rotatable bonds is 57. The van der Waals surface area contributed by atoms with Crippen molar-refractivity contribution in [1.29, 1.82) is 0 Å². The maximum atomic E-state index is 12.5. The molecule has 0 radical (unpaired) electrons. The lowest BCUT2D eigenvalue weighted by Gasteiger charge is -2.20. The van der Waals surface area contributed by atoms with Crippen LogP contribution in [-0.2, 0) is 4.79 Å². The third-order valence-corrected chi connectivity index (χ3v) is 14.0. The van der Waals surface area contributed by atoms with E-state index in [1.807, 2.05) is 6.08 Å². The molecule has 1 amide bonds. The molecule has 0 heterocycles. The zero-order valence-electron chi connectivity index (χ0n) is 48.8. The van der Waals surface area contributed by atoms with Crippen LogP contribution < -0.4 is 5.32 Å². The van der Waals surface area contributed by atoms with Gasteiger partial charge in [0, 0.05) is 6.42 Å². The summed E-state index contributed by atoms with van der Waals surface area (Å²) in [5, 5.41) is 23.2. The van der Waals surface area contributed by atoms with Crippen molar-refractivity contribution in [2.45, 2.75) is 309 Å². The molecule has 0 bridgehead atoms. The Morgan fingerprint density at radius 2 is 0.595 bits per heavy atom. The van der Waals surface area contributed by atoms with Gasteiger partial charge in [-0.1, -0.05) is 322 Å². The molecule has 0 aromatic rings. The largest absolute Gasteiger partial charge is 0.394 e. The molecular formula is C70H121NO3. The predicted molar refractivity (Wildman–Crippen MR) is 331 cm³/mol. The van der Waals surface area contributed by atoms with Gasteiger partial charge >= 0.3 is 0 Å². The van der Waals surface area contributed by atoms with Crippen molar-refractivity contribution in [1.82, 2.24) is 5.32 Å². The zero-order valence-corrected chi connectivity index (χ0v) is 48.8. The second kappa shape index (κ2) is 64.1. The van der Waals surface area contributed by atoms with Crippen LogP contribution in [0.1, 0.15) is 296 Å². The molecule has 424 valence electrons. The van der Waals surface area contributed by atoms with Crippen LogP contribution in [-0.4, -0.2) is 34.9 Å². The fourth-order valence-corrected chi connectivity index (χ4v) is 9.17. The molecule has 0 aliphatic carbocycles. The van der Waals surface area contributed by atoms with Crippen molar-refractivity contribution < 1.29 is 15.0 Å². The number of hydrogen-bond donors (Lipinski definition) is 3. The summed E-state index contributed by atoms with van der Waals surface area (Å²) < 4.78 is 0. The average Bonchev–Trinajstić information content (AvgIpc) is 3.40. The van der Waals surface area contributed by atoms with Crippen LogP contribution in [0.4, 0.5) is 0 Å². The van der Waals surface area contributed by atoms with E-state index in [-0.39, 0.29) is 12.5 Å². The van der Waals surface area contributed by atoms with Crippen LogP contribution in [0.2, 0.25) is 0 Å². The molecule has 0 fully saturated rings. The molecule has 0 aliphatic heterocycles. The summed E-state index contributed by atoms with van der Waals surface area (Å²) in [5.74, 6) is -0.0667. The summed E-state index contributed by atoms with van der Waals surface area (Å²) in [6.45, 7) is 4.21. The molecule has 2 atom stereocenters. The van der Waals surface area contributed by atoms with Gasteiger partial charge in [0.25, 0.3) is 0 Å². The van der Waals surface area contributed by atoms with Crippen LogP contribution in [0.15, 0.2) is 122 Å². The van der Waals surface area contributed by atoms with Crippen molar-refractivity contribution >= 4 is 5.91 Å². The first-order chi connectivity index (χ1) is 36.7. The Morgan fingerprint density at radius 3 is 0.892 bits per heavy atom. The van der Waals surface area contributed by atoms with Gasteiger partial charge in [0.15, 0.2) is 0 Å². The summed E-state index contributed by atoms with van der Waals surface area (Å²) >= 11 is 0. The first-order valence-corrected chi connectivity index (χ1v) is 31.7. The van der Waals surface area contributed by atoms with Gasteiger partial charge in [-0.25, -0.2) is 0 Å². The van der Waals surface area contributed by atoms with Crippen molar-refractivity contribution in [2.75, 3.05) is 6.61 Å². The molecule has 74 heavy (non-hydrogen) atoms. The number of nitrogens with one attached hydrogen (secondary N) is 1. The van der Waals surface area contributed by atoms with Gasteiger partial charge in [-0.05, 0) is 89.9 Å². The summed E-state index contributed by atoms with van der Waals surface area (Å²) in [6, 6.07) is -0.630. The number of amides is 1. The minimum atomic E-state index is -0.847. The first-order valence-electron chi connectivity index (χ1n) is 31.7. The molecule has 0 saturated carbocycles. The maximum absolute atomic E-state index is 12.5. The van der Waals surface area contributed by atoms with Gasteiger partial charge in [-0.3, -0.25) is 4.79 Å². The number of unbranched alkanes of at least 4 members (excludes halogenated alkanes) is 32. The van der Waals surface area contributed by atoms with Crippen LogP contribution in [0, 0.1) is 0 Å². The molecule has 4 nitrogen and oxygen atoms in total. The number of carbonyl (C=O) groups excluding carboxylic acids is 1. The van der Waals surface area contributed by atoms with E-state index in [9.17, 15) is 15.0 Å². The quantitative estimate of drug-likeness (QED) is 0.0420. The lowest BCUT2D eigenvalue weighted by atomic mass is 10.0. The standard InChI is InChI=1S/C70H121NO3/c1-3-5-7-9-11-13-15-17-19-21-23-25-26-27-28-29-30-31-32-33-34-35-36-37-38-39-40-41-42-43-44-46-48-50-52-54-56-58-60-62-64-66-70(74)71-68(67-72)69(73)65-63-61-59-57-55-53-51-49-47-45-24-22-20-18-16-14-12-10-8-6-4-2/h5,7,11,13,17,19,23,25,27-28,30-31,33-34,36-37,39-40,63,65,68-69,72-73H,3-4,6,8-10,12,14-16,18,20-22,24,26,29,32,35,38,41-62,64,66-67H2,1-2H3,(H,71,74)/b7-5-,13-11-,19-17-,25-23-,28-27-,31-30-,34-33-,37-36-,40-39-,65-63+. The third kappa shape index (κ3) is 59.7. The molecule has 2 unspecified atom stereocenters. The molecule has 0 rings (SSSR count). The highest BCUT2D eigenvalue weighted by Gasteiger charge is 2.18. The van der Waals surface area contributed by atoms with E-state index >= 15 is 0 Å². The monoisotopic (exact) mass is 1020 g/mol. The highest BCUT2D eigenvalue weighted by Crippen LogP contribution is 2.17. The van der Waals surface area contributed by atoms with Crippen molar-refractivity contribution in [2.24, 2.45) is 0 Å². The number of allylic oxidation sites excluding steroid dienone is 19. The van der Waals surface area contributed by atoms with Gasteiger partial charge in [0.05, 0.1) is 18.8 Å². The Kier molecular flexibility index (Phi) is 61.3. The van der Waals surface area contributed by atoms with Crippen LogP contribution in [0.5, 0.6) is 0 Å². The number of aliphatic hydroxyl groups excluding tert-OH is 2. The van der Waals surface area contributed by atoms with E-state index < -0.39 is 12.1 Å². The Hall–Kier alpha value is -3.21. The van der Waals surface area contributed by atoms with E-state index in [0.717, 1.165) is 83.5 Å². The Morgan fingerprint density at radius 1 is 0.338 bits per heavy atom. The summed E-state index contributed by atoms with van der Waals surface area (Å²) in [7, 11) is 0. The second-order valence-corrected chi connectivity index (χ2v) is 21.1. The average molecular weight is 1020 g/mol. The number of carbonyl (C=O) groups is 1. The molecule has 0 saturated heterocycles. The summed E-state index contributed by atoms with van der Waals surface area (Å²) in [6.07, 6.45) is 98.1. The molecule has 0 aliphatic rings. The topological polar surface area (TPSA) is 69.6 Å². The minimum absolute atomic E-state index is 0.0667. The van der Waals surface area contributed by atoms with E-state index in [4.69, 9.17) is 0 Å². The first kappa shape index (κ1) is 70.8. The van der Waals surface area contributed by atoms with E-state index in [2.05, 4.69) is 129 Å². The highest BCUT2D eigenvalue weighted by atomic mass is 16.3. The number of hydrogen-bond acceptors (Lipinski definition) is 3. The lowest BCUT2D eigenvalue weighted by molar-refractivity contribution is -0.123. The summed E-state index contributed by atoms with van der Waals surface area (Å²) in [5.41, 5.74) is 0. The van der Waals surface area contributed by atoms with Crippen molar-refractivity contribution in [3.63, 3.8) is 0 Å². The number of aliphatic hydroxyl groups is 2. The van der Waals surface area contributed by atoms with Crippen LogP contribution >= 0.6 is 0 Å². The molecule has 4 heteroatoms. The van der Waals surface area contributed by atoms with E-state index in [1.54, 1.807) is 6.08 Å². The fraction of sp³-hybridized carbons (Fsp3) is 0.700. The molecule has 0 aromatic carbocycles. The Labute approximate surface area is 460 Å². The van der Waals surface area contributed by atoms with E-state index in [0.29, 0.717) is 6.42 Å². The minimum Gasteiger partial charge on any atom is -0.394 e. The lowest BCUT2D eigenvalue weighted by Crippen LogP contribution is -2.45. The smallest absolute Gasteiger partial charge is 0.220 e. The van der Waals surface area contributed by atoms with Crippen LogP contribution in [0.25, 0.3) is 0 Å². The summed E-state index contributed by atoms with van der Waals surface area (Å²) in [4.78, 5) is 12.5. The molecular weight excluding hydrogens is 903 g/mol. The molecule has 3 N–H and O–H groups in total. The molecule has 0 spiro atoms. The normalized spacial score (nSPS) is 13.6. The van der Waals surface area contributed by atoms with Gasteiger partial charge in [-0.2, -0.15) is 0 Å². The maximum Gasteiger partial charge on any atom is 0.220 e. The zero-order chi connectivity index (χ0) is 53.4.